The van der Waals surface area contributed by atoms with Gasteiger partial charge in [0.25, 0.3) is 0 Å². The van der Waals surface area contributed by atoms with Gasteiger partial charge in [-0.3, -0.25) is 0 Å². The molecule has 0 radical (unpaired) electrons. The first kappa shape index (κ1) is 30.0. The summed E-state index contributed by atoms with van der Waals surface area (Å²) in [5.41, 5.74) is 11.8. The van der Waals surface area contributed by atoms with Crippen LogP contribution in [0.3, 0.4) is 0 Å². The fraction of sp³-hybridized carbons (Fsp3) is 0. The van der Waals surface area contributed by atoms with E-state index in [0.29, 0.717) is 0 Å². The maximum Gasteiger partial charge on any atom is 0.0541 e. The van der Waals surface area contributed by atoms with Crippen LogP contribution < -0.4 is 4.90 Å². The smallest absolute Gasteiger partial charge is 0.0541 e. The summed E-state index contributed by atoms with van der Waals surface area (Å²) in [7, 11) is 0. The first-order valence-electron chi connectivity index (χ1n) is 17.8. The van der Waals surface area contributed by atoms with Crippen LogP contribution in [-0.4, -0.2) is 4.57 Å². The average Bonchev–Trinajstić information content (AvgIpc) is 3.55. The maximum atomic E-state index is 2.40. The molecule has 0 atom stereocenters. The lowest BCUT2D eigenvalue weighted by molar-refractivity contribution is 1.19. The summed E-state index contributed by atoms with van der Waals surface area (Å²) in [4.78, 5) is 2.33. The van der Waals surface area contributed by atoms with Crippen LogP contribution in [-0.2, 0) is 0 Å². The van der Waals surface area contributed by atoms with E-state index < -0.39 is 0 Å². The lowest BCUT2D eigenvalue weighted by Crippen LogP contribution is -2.09. The van der Waals surface area contributed by atoms with E-state index in [1.54, 1.807) is 0 Å². The standard InChI is InChI=1S/C50H34N2/c1-2-14-43(15-3-1)51(44-26-20-37(21-27-44)41-19-18-35-10-4-6-12-39(35)32-41)45-28-22-38(23-29-45)42-25-31-50-48(34-42)47-16-8-9-17-49(47)52(50)46-30-24-36-11-5-7-13-40(36)33-46/h1-34H. The van der Waals surface area contributed by atoms with Crippen LogP contribution in [0.15, 0.2) is 206 Å². The minimum atomic E-state index is 1.11. The minimum absolute atomic E-state index is 1.11. The van der Waals surface area contributed by atoms with E-state index in [0.717, 1.165) is 17.1 Å². The van der Waals surface area contributed by atoms with E-state index in [1.165, 1.54) is 71.3 Å². The molecule has 1 heterocycles. The fourth-order valence-electron chi connectivity index (χ4n) is 7.75. The molecule has 2 heteroatoms. The Morgan fingerprint density at radius 1 is 0.288 bits per heavy atom. The molecule has 0 saturated carbocycles. The Morgan fingerprint density at radius 2 is 0.769 bits per heavy atom. The molecule has 9 aromatic carbocycles. The number of benzene rings is 9. The minimum Gasteiger partial charge on any atom is -0.311 e. The predicted molar refractivity (Wildman–Crippen MR) is 221 cm³/mol. The van der Waals surface area contributed by atoms with Crippen molar-refractivity contribution in [1.82, 2.24) is 4.57 Å². The van der Waals surface area contributed by atoms with Crippen molar-refractivity contribution in [1.29, 1.82) is 0 Å². The van der Waals surface area contributed by atoms with Crippen molar-refractivity contribution in [3.8, 4) is 27.9 Å². The number of hydrogen-bond donors (Lipinski definition) is 0. The molecule has 0 aliphatic rings. The van der Waals surface area contributed by atoms with Gasteiger partial charge in [-0.15, -0.1) is 0 Å². The Kier molecular flexibility index (Phi) is 7.18. The second-order valence-corrected chi connectivity index (χ2v) is 13.4. The summed E-state index contributed by atoms with van der Waals surface area (Å²) in [6.45, 7) is 0. The normalized spacial score (nSPS) is 11.5. The zero-order valence-corrected chi connectivity index (χ0v) is 28.5. The zero-order valence-electron chi connectivity index (χ0n) is 28.5. The molecular formula is C50H34N2. The summed E-state index contributed by atoms with van der Waals surface area (Å²) in [6, 6.07) is 74.7. The van der Waals surface area contributed by atoms with Crippen molar-refractivity contribution in [2.24, 2.45) is 0 Å². The van der Waals surface area contributed by atoms with Crippen molar-refractivity contribution in [2.45, 2.75) is 0 Å². The highest BCUT2D eigenvalue weighted by molar-refractivity contribution is 6.10. The van der Waals surface area contributed by atoms with Crippen LogP contribution >= 0.6 is 0 Å². The number of nitrogens with zero attached hydrogens (tertiary/aromatic N) is 2. The summed E-state index contributed by atoms with van der Waals surface area (Å²) in [5, 5.41) is 7.52. The topological polar surface area (TPSA) is 8.17 Å². The Bertz CT molecular complexity index is 2880. The number of hydrogen-bond acceptors (Lipinski definition) is 1. The quantitative estimate of drug-likeness (QED) is 0.172. The zero-order chi connectivity index (χ0) is 34.4. The number of rotatable bonds is 6. The number of fused-ring (bicyclic) bond motifs is 5. The van der Waals surface area contributed by atoms with Crippen molar-refractivity contribution in [3.05, 3.63) is 206 Å². The van der Waals surface area contributed by atoms with E-state index in [-0.39, 0.29) is 0 Å². The highest BCUT2D eigenvalue weighted by atomic mass is 15.1. The lowest BCUT2D eigenvalue weighted by Gasteiger charge is -2.26. The van der Waals surface area contributed by atoms with Gasteiger partial charge in [0.05, 0.1) is 11.0 Å². The van der Waals surface area contributed by atoms with E-state index in [4.69, 9.17) is 0 Å². The maximum absolute atomic E-state index is 2.40. The summed E-state index contributed by atoms with van der Waals surface area (Å²) in [6.07, 6.45) is 0. The Morgan fingerprint density at radius 3 is 1.46 bits per heavy atom. The molecule has 0 aliphatic carbocycles. The van der Waals surface area contributed by atoms with Gasteiger partial charge >= 0.3 is 0 Å². The van der Waals surface area contributed by atoms with Crippen LogP contribution in [0.1, 0.15) is 0 Å². The number of para-hydroxylation sites is 2. The predicted octanol–water partition coefficient (Wildman–Crippen LogP) is 13.9. The highest BCUT2D eigenvalue weighted by Crippen LogP contribution is 2.39. The SMILES string of the molecule is c1ccc(N(c2ccc(-c3ccc4ccccc4c3)cc2)c2ccc(-c3ccc4c(c3)c3ccccc3n4-c3ccc4ccccc4c3)cc2)cc1. The molecule has 52 heavy (non-hydrogen) atoms. The Balaban J connectivity index is 1.01. The van der Waals surface area contributed by atoms with E-state index in [1.807, 2.05) is 0 Å². The van der Waals surface area contributed by atoms with Crippen LogP contribution in [0.2, 0.25) is 0 Å². The van der Waals surface area contributed by atoms with Gasteiger partial charge in [0.1, 0.15) is 0 Å². The summed E-state index contributed by atoms with van der Waals surface area (Å²) in [5.74, 6) is 0. The molecule has 10 rings (SSSR count). The molecule has 0 aliphatic heterocycles. The molecule has 1 aromatic heterocycles. The highest BCUT2D eigenvalue weighted by Gasteiger charge is 2.16. The van der Waals surface area contributed by atoms with Crippen LogP contribution in [0.25, 0.3) is 71.3 Å². The van der Waals surface area contributed by atoms with E-state index >= 15 is 0 Å². The third-order valence-electron chi connectivity index (χ3n) is 10.3. The third-order valence-corrected chi connectivity index (χ3v) is 10.3. The van der Waals surface area contributed by atoms with Gasteiger partial charge in [0.2, 0.25) is 0 Å². The van der Waals surface area contributed by atoms with Crippen molar-refractivity contribution < 1.29 is 0 Å². The molecule has 0 fully saturated rings. The molecule has 0 saturated heterocycles. The molecule has 0 N–H and O–H groups in total. The lowest BCUT2D eigenvalue weighted by atomic mass is 10.0. The first-order valence-corrected chi connectivity index (χ1v) is 17.8. The number of anilines is 3. The molecule has 244 valence electrons. The van der Waals surface area contributed by atoms with Gasteiger partial charge in [-0.25, -0.2) is 0 Å². The van der Waals surface area contributed by atoms with Gasteiger partial charge < -0.3 is 9.47 Å². The van der Waals surface area contributed by atoms with Crippen molar-refractivity contribution in [3.63, 3.8) is 0 Å². The van der Waals surface area contributed by atoms with Gasteiger partial charge in [-0.2, -0.15) is 0 Å². The van der Waals surface area contributed by atoms with E-state index in [9.17, 15) is 0 Å². The average molecular weight is 663 g/mol. The van der Waals surface area contributed by atoms with Crippen molar-refractivity contribution >= 4 is 60.4 Å². The Labute approximate surface area is 303 Å². The summed E-state index contributed by atoms with van der Waals surface area (Å²) < 4.78 is 2.40. The second-order valence-electron chi connectivity index (χ2n) is 13.4. The van der Waals surface area contributed by atoms with Gasteiger partial charge in [-0.05, 0) is 117 Å². The largest absolute Gasteiger partial charge is 0.311 e. The number of aromatic nitrogens is 1. The molecule has 0 spiro atoms. The van der Waals surface area contributed by atoms with E-state index in [2.05, 4.69) is 216 Å². The van der Waals surface area contributed by atoms with Crippen LogP contribution in [0, 0.1) is 0 Å². The van der Waals surface area contributed by atoms with Gasteiger partial charge in [0.15, 0.2) is 0 Å². The third kappa shape index (κ3) is 5.21. The first-order chi connectivity index (χ1) is 25.8. The molecule has 0 bridgehead atoms. The fourth-order valence-corrected chi connectivity index (χ4v) is 7.75. The molecule has 10 aromatic rings. The van der Waals surface area contributed by atoms with Crippen LogP contribution in [0.4, 0.5) is 17.1 Å². The second kappa shape index (κ2) is 12.5. The van der Waals surface area contributed by atoms with Crippen molar-refractivity contribution in [2.75, 3.05) is 4.90 Å². The Hall–Kier alpha value is -6.90. The summed E-state index contributed by atoms with van der Waals surface area (Å²) >= 11 is 0. The van der Waals surface area contributed by atoms with Gasteiger partial charge in [-0.1, -0.05) is 133 Å². The van der Waals surface area contributed by atoms with Gasteiger partial charge in [0, 0.05) is 33.5 Å². The monoisotopic (exact) mass is 662 g/mol. The molecule has 0 amide bonds. The molecule has 0 unspecified atom stereocenters. The molecule has 2 nitrogen and oxygen atoms in total. The van der Waals surface area contributed by atoms with Crippen LogP contribution in [0.5, 0.6) is 0 Å². The molecular weight excluding hydrogens is 629 g/mol.